The van der Waals surface area contributed by atoms with E-state index < -0.39 is 30.7 Å². The normalized spacial score (nSPS) is 29.0. The number of halogens is 2. The van der Waals surface area contributed by atoms with Gasteiger partial charge in [-0.15, -0.1) is 0 Å². The number of amides is 1. The lowest BCUT2D eigenvalue weighted by Gasteiger charge is -2.29. The predicted octanol–water partition coefficient (Wildman–Crippen LogP) is 0.362. The minimum Gasteiger partial charge on any atom is -0.389 e. The number of benzene rings is 1. The van der Waals surface area contributed by atoms with Crippen molar-refractivity contribution in [2.45, 2.75) is 43.7 Å². The molecule has 1 aliphatic heterocycles. The SMILES string of the molecule is CNC(=O)CC1C(O)C(O)C(C(F)F)N1Cc1ccccc1. The lowest BCUT2D eigenvalue weighted by molar-refractivity contribution is -0.122. The van der Waals surface area contributed by atoms with E-state index in [1.807, 2.05) is 6.07 Å². The van der Waals surface area contributed by atoms with Crippen molar-refractivity contribution in [3.8, 4) is 0 Å². The van der Waals surface area contributed by atoms with Gasteiger partial charge in [0.15, 0.2) is 0 Å². The Hall–Kier alpha value is -1.57. The Morgan fingerprint density at radius 2 is 1.91 bits per heavy atom. The number of aliphatic hydroxyl groups is 2. The van der Waals surface area contributed by atoms with Gasteiger partial charge in [0, 0.05) is 26.1 Å². The molecule has 1 aromatic carbocycles. The molecule has 0 bridgehead atoms. The van der Waals surface area contributed by atoms with Crippen molar-refractivity contribution >= 4 is 5.91 Å². The zero-order valence-electron chi connectivity index (χ0n) is 12.2. The van der Waals surface area contributed by atoms with Crippen LogP contribution in [0.15, 0.2) is 30.3 Å². The fourth-order valence-corrected chi connectivity index (χ4v) is 2.88. The Bertz CT molecular complexity index is 501. The van der Waals surface area contributed by atoms with E-state index in [1.54, 1.807) is 24.3 Å². The molecule has 7 heteroatoms. The molecule has 0 aromatic heterocycles. The Kier molecular flexibility index (Phi) is 5.44. The quantitative estimate of drug-likeness (QED) is 0.734. The molecule has 3 N–H and O–H groups in total. The van der Waals surface area contributed by atoms with Gasteiger partial charge >= 0.3 is 0 Å². The number of carbonyl (C=O) groups is 1. The van der Waals surface area contributed by atoms with Crippen LogP contribution in [0, 0.1) is 0 Å². The summed E-state index contributed by atoms with van der Waals surface area (Å²) in [4.78, 5) is 12.9. The summed E-state index contributed by atoms with van der Waals surface area (Å²) >= 11 is 0. The number of likely N-dealkylation sites (tertiary alicyclic amines) is 1. The maximum atomic E-state index is 13.3. The third kappa shape index (κ3) is 3.43. The molecule has 1 amide bonds. The monoisotopic (exact) mass is 314 g/mol. The summed E-state index contributed by atoms with van der Waals surface area (Å²) < 4.78 is 26.6. The van der Waals surface area contributed by atoms with E-state index in [0.717, 1.165) is 5.56 Å². The van der Waals surface area contributed by atoms with Crippen molar-refractivity contribution in [2.75, 3.05) is 7.05 Å². The molecule has 22 heavy (non-hydrogen) atoms. The van der Waals surface area contributed by atoms with Gasteiger partial charge in [-0.2, -0.15) is 0 Å². The molecule has 1 aliphatic rings. The highest BCUT2D eigenvalue weighted by molar-refractivity contribution is 5.76. The molecular formula is C15H20F2N2O3. The van der Waals surface area contributed by atoms with E-state index in [9.17, 15) is 23.8 Å². The van der Waals surface area contributed by atoms with Crippen molar-refractivity contribution in [1.29, 1.82) is 0 Å². The first-order valence-corrected chi connectivity index (χ1v) is 7.10. The summed E-state index contributed by atoms with van der Waals surface area (Å²) in [5.41, 5.74) is 0.774. The molecule has 1 saturated heterocycles. The molecule has 0 radical (unpaired) electrons. The van der Waals surface area contributed by atoms with Crippen LogP contribution >= 0.6 is 0 Å². The van der Waals surface area contributed by atoms with Gasteiger partial charge in [0.05, 0.1) is 6.10 Å². The molecule has 0 aliphatic carbocycles. The van der Waals surface area contributed by atoms with Crippen LogP contribution in [-0.4, -0.2) is 58.8 Å². The van der Waals surface area contributed by atoms with Gasteiger partial charge in [0.1, 0.15) is 12.1 Å². The van der Waals surface area contributed by atoms with E-state index >= 15 is 0 Å². The van der Waals surface area contributed by atoms with Crippen molar-refractivity contribution < 1.29 is 23.8 Å². The number of hydrogen-bond acceptors (Lipinski definition) is 4. The van der Waals surface area contributed by atoms with E-state index in [2.05, 4.69) is 5.32 Å². The van der Waals surface area contributed by atoms with E-state index in [0.29, 0.717) is 0 Å². The number of rotatable bonds is 5. The van der Waals surface area contributed by atoms with Crippen LogP contribution in [0.1, 0.15) is 12.0 Å². The first kappa shape index (κ1) is 16.8. The van der Waals surface area contributed by atoms with Crippen LogP contribution in [0.4, 0.5) is 8.78 Å². The minimum absolute atomic E-state index is 0.131. The summed E-state index contributed by atoms with van der Waals surface area (Å²) in [6.45, 7) is 0.131. The third-order valence-corrected chi connectivity index (χ3v) is 4.04. The largest absolute Gasteiger partial charge is 0.389 e. The molecule has 1 aromatic rings. The van der Waals surface area contributed by atoms with Gasteiger partial charge in [0.2, 0.25) is 5.91 Å². The number of nitrogens with zero attached hydrogens (tertiary/aromatic N) is 1. The molecule has 122 valence electrons. The van der Waals surface area contributed by atoms with E-state index in [-0.39, 0.29) is 18.9 Å². The van der Waals surface area contributed by atoms with E-state index in [4.69, 9.17) is 0 Å². The van der Waals surface area contributed by atoms with Crippen molar-refractivity contribution in [1.82, 2.24) is 10.2 Å². The van der Waals surface area contributed by atoms with Crippen molar-refractivity contribution in [3.63, 3.8) is 0 Å². The molecule has 1 heterocycles. The standard InChI is InChI=1S/C15H20F2N2O3/c1-18-11(20)7-10-13(21)14(22)12(15(16)17)19(10)8-9-5-3-2-4-6-9/h2-6,10,12-15,21-22H,7-8H2,1H3,(H,18,20). The van der Waals surface area contributed by atoms with Gasteiger partial charge in [-0.1, -0.05) is 30.3 Å². The Balaban J connectivity index is 2.26. The van der Waals surface area contributed by atoms with Gasteiger partial charge in [-0.25, -0.2) is 8.78 Å². The fraction of sp³-hybridized carbons (Fsp3) is 0.533. The minimum atomic E-state index is -2.82. The summed E-state index contributed by atoms with van der Waals surface area (Å²) in [5.74, 6) is -0.371. The zero-order chi connectivity index (χ0) is 16.3. The number of aliphatic hydroxyl groups excluding tert-OH is 2. The van der Waals surface area contributed by atoms with Crippen LogP contribution in [0.25, 0.3) is 0 Å². The highest BCUT2D eigenvalue weighted by Crippen LogP contribution is 2.32. The summed E-state index contributed by atoms with van der Waals surface area (Å²) in [7, 11) is 1.44. The molecular weight excluding hydrogens is 294 g/mol. The molecule has 0 spiro atoms. The predicted molar refractivity (Wildman–Crippen MR) is 76.3 cm³/mol. The second-order valence-corrected chi connectivity index (χ2v) is 5.41. The van der Waals surface area contributed by atoms with Crippen molar-refractivity contribution in [2.24, 2.45) is 0 Å². The molecule has 2 rings (SSSR count). The highest BCUT2D eigenvalue weighted by atomic mass is 19.3. The second-order valence-electron chi connectivity index (χ2n) is 5.41. The first-order valence-electron chi connectivity index (χ1n) is 7.10. The van der Waals surface area contributed by atoms with E-state index in [1.165, 1.54) is 11.9 Å². The van der Waals surface area contributed by atoms with Crippen LogP contribution in [0.2, 0.25) is 0 Å². The second kappa shape index (κ2) is 7.13. The Morgan fingerprint density at radius 1 is 1.27 bits per heavy atom. The van der Waals surface area contributed by atoms with Gasteiger partial charge in [0.25, 0.3) is 6.43 Å². The molecule has 1 fully saturated rings. The lowest BCUT2D eigenvalue weighted by Crippen LogP contribution is -2.44. The van der Waals surface area contributed by atoms with Crippen LogP contribution in [0.3, 0.4) is 0 Å². The number of hydrogen-bond donors (Lipinski definition) is 3. The first-order chi connectivity index (χ1) is 10.5. The maximum absolute atomic E-state index is 13.3. The summed E-state index contributed by atoms with van der Waals surface area (Å²) in [6, 6.07) is 6.57. The van der Waals surface area contributed by atoms with Crippen LogP contribution in [-0.2, 0) is 11.3 Å². The van der Waals surface area contributed by atoms with Crippen LogP contribution < -0.4 is 5.32 Å². The smallest absolute Gasteiger partial charge is 0.256 e. The number of carbonyl (C=O) groups excluding carboxylic acids is 1. The average Bonchev–Trinajstić information content (AvgIpc) is 2.73. The summed E-state index contributed by atoms with van der Waals surface area (Å²) in [6.07, 6.45) is -5.94. The third-order valence-electron chi connectivity index (χ3n) is 4.04. The zero-order valence-corrected chi connectivity index (χ0v) is 12.2. The highest BCUT2D eigenvalue weighted by Gasteiger charge is 2.51. The molecule has 5 nitrogen and oxygen atoms in total. The topological polar surface area (TPSA) is 72.8 Å². The number of nitrogens with one attached hydrogen (secondary N) is 1. The van der Waals surface area contributed by atoms with Gasteiger partial charge in [-0.3, -0.25) is 9.69 Å². The molecule has 0 saturated carbocycles. The number of alkyl halides is 2. The van der Waals surface area contributed by atoms with Crippen molar-refractivity contribution in [3.05, 3.63) is 35.9 Å². The van der Waals surface area contributed by atoms with Gasteiger partial charge in [-0.05, 0) is 5.56 Å². The molecule has 4 atom stereocenters. The average molecular weight is 314 g/mol. The van der Waals surface area contributed by atoms with Crippen LogP contribution in [0.5, 0.6) is 0 Å². The Morgan fingerprint density at radius 3 is 2.45 bits per heavy atom. The Labute approximate surface area is 127 Å². The van der Waals surface area contributed by atoms with Gasteiger partial charge < -0.3 is 15.5 Å². The maximum Gasteiger partial charge on any atom is 0.256 e. The lowest BCUT2D eigenvalue weighted by atomic mass is 10.1. The summed E-state index contributed by atoms with van der Waals surface area (Å²) in [5, 5.41) is 22.4. The fourth-order valence-electron chi connectivity index (χ4n) is 2.88. The molecule has 4 unspecified atom stereocenters.